The predicted molar refractivity (Wildman–Crippen MR) is 27.6 cm³/mol. The fourth-order valence-corrected chi connectivity index (χ4v) is 0.443. The Labute approximate surface area is 50.8 Å². The molecule has 0 fully saturated rings. The summed E-state index contributed by atoms with van der Waals surface area (Å²) in [5.41, 5.74) is 4.40. The molecule has 0 aromatic carbocycles. The molecular weight excluding hydrogens is 149 g/mol. The van der Waals surface area contributed by atoms with Crippen LogP contribution in [0.5, 0.6) is 0 Å². The number of hydrogen-bond acceptors (Lipinski definition) is 3. The minimum atomic E-state index is -4.24. The molecule has 4 N–H and O–H groups in total. The van der Waals surface area contributed by atoms with E-state index in [1.165, 1.54) is 0 Å². The van der Waals surface area contributed by atoms with E-state index in [0.29, 0.717) is 0 Å². The van der Waals surface area contributed by atoms with Gasteiger partial charge in [-0.1, -0.05) is 0 Å². The molecule has 0 bridgehead atoms. The Bertz CT molecular complexity index is 149. The molecule has 0 heterocycles. The summed E-state index contributed by atoms with van der Waals surface area (Å²) in [6, 6.07) is 0. The quantitative estimate of drug-likeness (QED) is 0.453. The molecule has 0 aliphatic rings. The van der Waals surface area contributed by atoms with Gasteiger partial charge in [-0.3, -0.25) is 4.57 Å². The maximum absolute atomic E-state index is 9.90. The Morgan fingerprint density at radius 2 is 2.11 bits per heavy atom. The van der Waals surface area contributed by atoms with Gasteiger partial charge in [0, 0.05) is 0 Å². The summed E-state index contributed by atoms with van der Waals surface area (Å²) in [6.07, 6.45) is -2.15. The van der Waals surface area contributed by atoms with Crippen molar-refractivity contribution in [3.8, 4) is 0 Å². The molecule has 1 amide bonds. The van der Waals surface area contributed by atoms with Crippen LogP contribution in [0.1, 0.15) is 0 Å². The highest BCUT2D eigenvalue weighted by Crippen LogP contribution is 2.33. The first-order valence-electron chi connectivity index (χ1n) is 1.88. The number of nitrogens with two attached hydrogens (primary N) is 1. The largest absolute Gasteiger partial charge is 0.437 e. The standard InChI is InChI=1S/C2H6NO5P/c3-2(4)8-1-9(5,6)7/h1H2,(H2,3,4)(H2,5,6,7). The molecule has 0 spiro atoms. The second-order valence-corrected chi connectivity index (χ2v) is 2.84. The van der Waals surface area contributed by atoms with Crippen LogP contribution in [0.3, 0.4) is 0 Å². The lowest BCUT2D eigenvalue weighted by atomic mass is 11.2. The Kier molecular flexibility index (Phi) is 2.64. The van der Waals surface area contributed by atoms with Crippen LogP contribution in [0, 0.1) is 0 Å². The third-order valence-electron chi connectivity index (χ3n) is 0.375. The topological polar surface area (TPSA) is 110 Å². The van der Waals surface area contributed by atoms with Crippen molar-refractivity contribution in [2.24, 2.45) is 5.73 Å². The zero-order valence-corrected chi connectivity index (χ0v) is 5.25. The van der Waals surface area contributed by atoms with Crippen molar-refractivity contribution in [1.29, 1.82) is 0 Å². The third-order valence-corrected chi connectivity index (χ3v) is 0.840. The number of hydrogen-bond donors (Lipinski definition) is 3. The molecule has 0 aromatic heterocycles. The maximum atomic E-state index is 9.90. The Morgan fingerprint density at radius 3 is 2.22 bits per heavy atom. The van der Waals surface area contributed by atoms with Gasteiger partial charge in [0.2, 0.25) is 0 Å². The van der Waals surface area contributed by atoms with Crippen LogP contribution < -0.4 is 5.73 Å². The number of primary amides is 1. The van der Waals surface area contributed by atoms with Crippen LogP contribution in [0.25, 0.3) is 0 Å². The third kappa shape index (κ3) is 7.42. The molecular formula is C2H6NO5P. The average Bonchev–Trinajstić information content (AvgIpc) is 1.59. The van der Waals surface area contributed by atoms with Gasteiger partial charge in [0.25, 0.3) is 0 Å². The van der Waals surface area contributed by atoms with E-state index < -0.39 is 20.0 Å². The van der Waals surface area contributed by atoms with Crippen LogP contribution in [-0.4, -0.2) is 22.2 Å². The highest BCUT2D eigenvalue weighted by atomic mass is 31.2. The minimum Gasteiger partial charge on any atom is -0.437 e. The molecule has 0 aliphatic carbocycles. The van der Waals surface area contributed by atoms with Gasteiger partial charge in [-0.25, -0.2) is 4.79 Å². The summed E-state index contributed by atoms with van der Waals surface area (Å²) in [5.74, 6) is 0. The molecule has 0 aromatic rings. The average molecular weight is 155 g/mol. The summed E-state index contributed by atoms with van der Waals surface area (Å²) in [4.78, 5) is 25.8. The SMILES string of the molecule is NC(=O)OCP(=O)(O)O. The normalized spacial score (nSPS) is 10.9. The van der Waals surface area contributed by atoms with E-state index in [9.17, 15) is 9.36 Å². The summed E-state index contributed by atoms with van der Waals surface area (Å²) in [7, 11) is -4.24. The first kappa shape index (κ1) is 8.42. The molecule has 0 aliphatic heterocycles. The van der Waals surface area contributed by atoms with Gasteiger partial charge < -0.3 is 20.3 Å². The van der Waals surface area contributed by atoms with Crippen molar-refractivity contribution in [1.82, 2.24) is 0 Å². The van der Waals surface area contributed by atoms with Crippen LogP contribution in [0.4, 0.5) is 4.79 Å². The Hall–Kier alpha value is -0.580. The van der Waals surface area contributed by atoms with Gasteiger partial charge in [0.15, 0.2) is 6.35 Å². The highest BCUT2D eigenvalue weighted by Gasteiger charge is 2.14. The number of rotatable bonds is 2. The molecule has 0 saturated heterocycles. The second-order valence-electron chi connectivity index (χ2n) is 1.26. The molecule has 6 nitrogen and oxygen atoms in total. The molecule has 0 unspecified atom stereocenters. The molecule has 0 radical (unpaired) electrons. The van der Waals surface area contributed by atoms with Crippen molar-refractivity contribution >= 4 is 13.7 Å². The van der Waals surface area contributed by atoms with E-state index in [-0.39, 0.29) is 0 Å². The van der Waals surface area contributed by atoms with E-state index in [4.69, 9.17) is 9.79 Å². The number of carbonyl (C=O) groups excluding carboxylic acids is 1. The van der Waals surface area contributed by atoms with Crippen molar-refractivity contribution in [3.05, 3.63) is 0 Å². The molecule has 0 rings (SSSR count). The molecule has 0 saturated carbocycles. The van der Waals surface area contributed by atoms with Crippen LogP contribution in [0.15, 0.2) is 0 Å². The van der Waals surface area contributed by atoms with E-state index in [1.54, 1.807) is 0 Å². The number of carbonyl (C=O) groups is 1. The van der Waals surface area contributed by atoms with Gasteiger partial charge in [0.05, 0.1) is 0 Å². The monoisotopic (exact) mass is 155 g/mol. The van der Waals surface area contributed by atoms with Crippen molar-refractivity contribution in [3.63, 3.8) is 0 Å². The van der Waals surface area contributed by atoms with Gasteiger partial charge >= 0.3 is 13.7 Å². The fraction of sp³-hybridized carbons (Fsp3) is 0.500. The Morgan fingerprint density at radius 1 is 1.67 bits per heavy atom. The van der Waals surface area contributed by atoms with Crippen LogP contribution in [0.2, 0.25) is 0 Å². The predicted octanol–water partition coefficient (Wildman–Crippen LogP) is -0.783. The van der Waals surface area contributed by atoms with Gasteiger partial charge in [0.1, 0.15) is 0 Å². The van der Waals surface area contributed by atoms with Crippen LogP contribution >= 0.6 is 7.60 Å². The van der Waals surface area contributed by atoms with E-state index in [2.05, 4.69) is 10.5 Å². The Balaban J connectivity index is 3.53. The zero-order valence-electron chi connectivity index (χ0n) is 4.35. The number of ether oxygens (including phenoxy) is 1. The first-order chi connectivity index (χ1) is 3.92. The van der Waals surface area contributed by atoms with Gasteiger partial charge in [-0.2, -0.15) is 0 Å². The number of amides is 1. The van der Waals surface area contributed by atoms with Gasteiger partial charge in [-0.05, 0) is 0 Å². The summed E-state index contributed by atoms with van der Waals surface area (Å²) >= 11 is 0. The van der Waals surface area contributed by atoms with E-state index >= 15 is 0 Å². The minimum absolute atomic E-state index is 0.956. The van der Waals surface area contributed by atoms with Crippen molar-refractivity contribution in [2.75, 3.05) is 6.35 Å². The lowest BCUT2D eigenvalue weighted by Gasteiger charge is -2.01. The summed E-state index contributed by atoms with van der Waals surface area (Å²) < 4.78 is 13.7. The van der Waals surface area contributed by atoms with Crippen molar-refractivity contribution in [2.45, 2.75) is 0 Å². The van der Waals surface area contributed by atoms with Gasteiger partial charge in [-0.15, -0.1) is 0 Å². The highest BCUT2D eigenvalue weighted by molar-refractivity contribution is 7.51. The fourth-order valence-electron chi connectivity index (χ4n) is 0.148. The second kappa shape index (κ2) is 2.82. The summed E-state index contributed by atoms with van der Waals surface area (Å²) in [5, 5.41) is 0. The van der Waals surface area contributed by atoms with E-state index in [1.807, 2.05) is 0 Å². The maximum Gasteiger partial charge on any atom is 0.405 e. The summed E-state index contributed by atoms with van der Waals surface area (Å²) in [6.45, 7) is 0. The zero-order chi connectivity index (χ0) is 7.49. The molecule has 7 heteroatoms. The van der Waals surface area contributed by atoms with Crippen molar-refractivity contribution < 1.29 is 23.9 Å². The molecule has 0 atom stereocenters. The molecule has 9 heavy (non-hydrogen) atoms. The van der Waals surface area contributed by atoms with Crippen LogP contribution in [-0.2, 0) is 9.30 Å². The first-order valence-corrected chi connectivity index (χ1v) is 3.68. The smallest absolute Gasteiger partial charge is 0.405 e. The lowest BCUT2D eigenvalue weighted by molar-refractivity contribution is 0.166. The molecule has 54 valence electrons. The van der Waals surface area contributed by atoms with E-state index in [0.717, 1.165) is 0 Å². The lowest BCUT2D eigenvalue weighted by Crippen LogP contribution is -2.13.